The van der Waals surface area contributed by atoms with E-state index >= 15 is 0 Å². The van der Waals surface area contributed by atoms with Crippen LogP contribution in [0.3, 0.4) is 0 Å². The number of nitrogens with zero attached hydrogens (tertiary/aromatic N) is 2. The Bertz CT molecular complexity index is 2900. The molecule has 89 heavy (non-hydrogen) atoms. The summed E-state index contributed by atoms with van der Waals surface area (Å²) in [6.45, 7) is 2.39. The summed E-state index contributed by atoms with van der Waals surface area (Å²) < 4.78 is 31.7. The third-order valence-corrected chi connectivity index (χ3v) is 12.5. The summed E-state index contributed by atoms with van der Waals surface area (Å²) in [7, 11) is 0. The van der Waals surface area contributed by atoms with E-state index < -0.39 is 133 Å². The molecule has 33 heteroatoms. The fourth-order valence-electron chi connectivity index (χ4n) is 8.04. The molecule has 9 amide bonds. The number of aliphatic imine (C=N–C) groups is 2. The van der Waals surface area contributed by atoms with Crippen LogP contribution in [0.4, 0.5) is 13.2 Å². The number of rotatable bonds is 36. The molecule has 7 atom stereocenters. The molecule has 30 nitrogen and oxygen atoms in total. The normalized spacial score (nSPS) is 13.2. The molecule has 488 valence electrons. The van der Waals surface area contributed by atoms with Crippen molar-refractivity contribution in [2.45, 2.75) is 127 Å². The predicted molar refractivity (Wildman–Crippen MR) is 317 cm³/mol. The van der Waals surface area contributed by atoms with E-state index in [1.165, 1.54) is 12.1 Å². The van der Waals surface area contributed by atoms with Crippen molar-refractivity contribution in [3.63, 3.8) is 0 Å². The van der Waals surface area contributed by atoms with Crippen molar-refractivity contribution in [2.75, 3.05) is 26.2 Å². The van der Waals surface area contributed by atoms with Crippen LogP contribution in [-0.2, 0) is 72.0 Å². The standard InChI is InChI=1S/C54H78N16O12.C2HF3O2/c1-31(2)25-40(69-51(80)41(27-32-11-5-3-6-12-32)65-45(74)30-63-44(73)29-64-46(75)36(55)26-34-17-19-35(71)20-18-34)50(79)67-38(16-10-24-62-54(59)60)47(76)66-37(15-9-23-61-53(57)58)48(77)68-39(21-22-43(56)72)49(78)70-42(52(81)82)28-33-13-7-4-8-14-33;3-2(4,5)1(6)7/h3-8,11-14,17-20,31,36-42,71H,9-10,15-16,21-30,55H2,1-2H3,(H2,56,72)(H,63,73)(H,64,75)(H,65,74)(H,66,76)(H,67,79)(H,68,77)(H,69,80)(H,70,78)(H,81,82)(H4,57,58,61)(H4,59,60,62);(H,6,7)/t36-,37-,38-,39-,40-,41-,42-;/m0./s1. The second-order valence-electron chi connectivity index (χ2n) is 20.5. The number of carboxylic acids is 2. The minimum absolute atomic E-state index is 0.00103. The molecule has 0 spiro atoms. The van der Waals surface area contributed by atoms with Crippen molar-refractivity contribution in [1.29, 1.82) is 0 Å². The molecule has 0 aliphatic carbocycles. The summed E-state index contributed by atoms with van der Waals surface area (Å²) in [5.74, 6) is -12.3. The first-order chi connectivity index (χ1) is 41.8. The van der Waals surface area contributed by atoms with E-state index in [9.17, 15) is 71.3 Å². The number of primary amides is 1. The van der Waals surface area contributed by atoms with Crippen LogP contribution in [0.15, 0.2) is 94.9 Å². The molecule has 3 aromatic rings. The number of phenols is 1. The number of aromatic hydroxyl groups is 1. The second-order valence-corrected chi connectivity index (χ2v) is 20.5. The Morgan fingerprint density at radius 3 is 1.31 bits per heavy atom. The van der Waals surface area contributed by atoms with Crippen molar-refractivity contribution in [3.05, 3.63) is 102 Å². The lowest BCUT2D eigenvalue weighted by molar-refractivity contribution is -0.192. The van der Waals surface area contributed by atoms with Crippen LogP contribution in [0, 0.1) is 5.92 Å². The summed E-state index contributed by atoms with van der Waals surface area (Å²) in [6, 6.07) is 13.5. The number of benzene rings is 3. The summed E-state index contributed by atoms with van der Waals surface area (Å²) in [6.07, 6.45) is -6.01. The number of hydrogen-bond acceptors (Lipinski definition) is 15. The number of aliphatic carboxylic acids is 2. The SMILES string of the molecule is CC(C)C[C@H](NC(=O)[C@H](Cc1ccccc1)NC(=O)CNC(=O)CNC(=O)[C@@H](N)Cc1ccc(O)cc1)C(=O)N[C@@H](CCCN=C(N)N)C(=O)N[C@@H](CCCN=C(N)N)C(=O)N[C@@H](CCC(N)=O)C(=O)N[C@@H](Cc1ccccc1)C(=O)O.O=C(O)C(F)(F)F. The number of nitrogens with two attached hydrogens (primary N) is 6. The Morgan fingerprint density at radius 2 is 0.888 bits per heavy atom. The zero-order chi connectivity index (χ0) is 66.8. The maximum atomic E-state index is 14.4. The summed E-state index contributed by atoms with van der Waals surface area (Å²) in [5.41, 5.74) is 35.4. The fraction of sp³-hybridized carbons (Fsp3) is 0.446. The van der Waals surface area contributed by atoms with E-state index in [4.69, 9.17) is 44.3 Å². The Labute approximate surface area is 509 Å². The zero-order valence-electron chi connectivity index (χ0n) is 48.9. The second kappa shape index (κ2) is 38.9. The Balaban J connectivity index is 0.00000362. The van der Waals surface area contributed by atoms with Gasteiger partial charge in [-0.15, -0.1) is 0 Å². The molecule has 0 aliphatic rings. The number of nitrogens with one attached hydrogen (secondary N) is 8. The largest absolute Gasteiger partial charge is 0.508 e. The van der Waals surface area contributed by atoms with E-state index in [1.54, 1.807) is 86.6 Å². The van der Waals surface area contributed by atoms with E-state index in [0.29, 0.717) is 16.7 Å². The molecule has 0 heterocycles. The van der Waals surface area contributed by atoms with Crippen LogP contribution in [0.2, 0.25) is 0 Å². The van der Waals surface area contributed by atoms with Crippen LogP contribution in [-0.4, -0.2) is 167 Å². The summed E-state index contributed by atoms with van der Waals surface area (Å²) >= 11 is 0. The Hall–Kier alpha value is -10.1. The molecule has 0 radical (unpaired) electrons. The lowest BCUT2D eigenvalue weighted by Crippen LogP contribution is -2.60. The van der Waals surface area contributed by atoms with Crippen molar-refractivity contribution < 1.29 is 81.2 Å². The van der Waals surface area contributed by atoms with Gasteiger partial charge < -0.3 is 92.3 Å². The highest BCUT2D eigenvalue weighted by molar-refractivity contribution is 5.97. The molecule has 0 bridgehead atoms. The average molecular weight is 1260 g/mol. The molecule has 3 aromatic carbocycles. The number of carbonyl (C=O) groups is 11. The molecule has 0 aromatic heterocycles. The molecule has 0 saturated heterocycles. The van der Waals surface area contributed by atoms with Gasteiger partial charge in [-0.2, -0.15) is 13.2 Å². The number of alkyl halides is 3. The van der Waals surface area contributed by atoms with Crippen LogP contribution in [0.25, 0.3) is 0 Å². The van der Waals surface area contributed by atoms with Gasteiger partial charge in [0.2, 0.25) is 53.2 Å². The van der Waals surface area contributed by atoms with Crippen molar-refractivity contribution in [3.8, 4) is 5.75 Å². The highest BCUT2D eigenvalue weighted by atomic mass is 19.4. The third-order valence-electron chi connectivity index (χ3n) is 12.5. The van der Waals surface area contributed by atoms with Crippen LogP contribution < -0.4 is 76.9 Å². The lowest BCUT2D eigenvalue weighted by Gasteiger charge is -2.28. The minimum atomic E-state index is -5.08. The Kier molecular flexibility index (Phi) is 32.8. The van der Waals surface area contributed by atoms with E-state index in [0.717, 1.165) is 0 Å². The zero-order valence-corrected chi connectivity index (χ0v) is 48.9. The van der Waals surface area contributed by atoms with Gasteiger partial charge in [0.15, 0.2) is 11.9 Å². The minimum Gasteiger partial charge on any atom is -0.508 e. The molecular weight excluding hydrogens is 1180 g/mol. The van der Waals surface area contributed by atoms with Gasteiger partial charge in [0.05, 0.1) is 19.1 Å². The smallest absolute Gasteiger partial charge is 0.490 e. The quantitative estimate of drug-likeness (QED) is 0.0157. The number of guanidine groups is 2. The number of carboxylic acid groups (broad SMARTS) is 2. The van der Waals surface area contributed by atoms with Gasteiger partial charge in [0, 0.05) is 32.4 Å². The van der Waals surface area contributed by atoms with Crippen LogP contribution in [0.5, 0.6) is 5.75 Å². The maximum Gasteiger partial charge on any atom is 0.490 e. The summed E-state index contributed by atoms with van der Waals surface area (Å²) in [5, 5.41) is 46.9. The van der Waals surface area contributed by atoms with Gasteiger partial charge in [0.25, 0.3) is 0 Å². The molecule has 0 aliphatic heterocycles. The van der Waals surface area contributed by atoms with Crippen LogP contribution >= 0.6 is 0 Å². The van der Waals surface area contributed by atoms with Crippen molar-refractivity contribution in [1.82, 2.24) is 42.5 Å². The van der Waals surface area contributed by atoms with Gasteiger partial charge in [-0.1, -0.05) is 86.6 Å². The van der Waals surface area contributed by atoms with E-state index in [2.05, 4.69) is 52.5 Å². The number of phenolic OH excluding ortho intramolecular Hbond substituents is 1. The van der Waals surface area contributed by atoms with Gasteiger partial charge in [-0.05, 0) is 79.7 Å². The monoisotopic (exact) mass is 1260 g/mol. The van der Waals surface area contributed by atoms with Crippen molar-refractivity contribution in [2.24, 2.45) is 50.3 Å². The first kappa shape index (κ1) is 75.0. The maximum absolute atomic E-state index is 14.4. The van der Waals surface area contributed by atoms with Gasteiger partial charge in [-0.25, -0.2) is 9.59 Å². The highest BCUT2D eigenvalue weighted by Gasteiger charge is 2.38. The lowest BCUT2D eigenvalue weighted by atomic mass is 10.00. The van der Waals surface area contributed by atoms with E-state index in [1.807, 2.05) is 0 Å². The first-order valence-corrected chi connectivity index (χ1v) is 27.7. The Morgan fingerprint density at radius 1 is 0.494 bits per heavy atom. The molecule has 0 fully saturated rings. The highest BCUT2D eigenvalue weighted by Crippen LogP contribution is 2.15. The number of carbonyl (C=O) groups excluding carboxylic acids is 9. The summed E-state index contributed by atoms with van der Waals surface area (Å²) in [4.78, 5) is 151. The van der Waals surface area contributed by atoms with Gasteiger partial charge in [-0.3, -0.25) is 53.1 Å². The molecule has 23 N–H and O–H groups in total. The number of amides is 9. The number of hydrogen-bond donors (Lipinski definition) is 17. The topological polar surface area (TPSA) is 526 Å². The average Bonchev–Trinajstić information content (AvgIpc) is 3.68. The van der Waals surface area contributed by atoms with E-state index in [-0.39, 0.29) is 94.5 Å². The fourth-order valence-corrected chi connectivity index (χ4v) is 8.04. The van der Waals surface area contributed by atoms with Gasteiger partial charge in [0.1, 0.15) is 42.0 Å². The predicted octanol–water partition coefficient (Wildman–Crippen LogP) is -2.97. The van der Waals surface area contributed by atoms with Gasteiger partial charge >= 0.3 is 18.1 Å². The molecule has 3 rings (SSSR count). The molecule has 0 saturated carbocycles. The van der Waals surface area contributed by atoms with Crippen molar-refractivity contribution >= 4 is 77.0 Å². The number of halogens is 3. The van der Waals surface area contributed by atoms with Crippen LogP contribution in [0.1, 0.15) is 75.5 Å². The first-order valence-electron chi connectivity index (χ1n) is 27.7. The molecular formula is C56H79F3N16O14. The third kappa shape index (κ3) is 31.8. The molecule has 0 unspecified atom stereocenters.